The highest BCUT2D eigenvalue weighted by Gasteiger charge is 2.25. The first-order valence-corrected chi connectivity index (χ1v) is 16.4. The van der Waals surface area contributed by atoms with Crippen molar-refractivity contribution in [2.75, 3.05) is 68.7 Å². The van der Waals surface area contributed by atoms with E-state index in [0.29, 0.717) is 37.5 Å². The van der Waals surface area contributed by atoms with Crippen LogP contribution in [0.25, 0.3) is 0 Å². The van der Waals surface area contributed by atoms with Crippen molar-refractivity contribution in [3.8, 4) is 0 Å². The van der Waals surface area contributed by atoms with E-state index in [9.17, 15) is 9.59 Å². The van der Waals surface area contributed by atoms with Crippen molar-refractivity contribution in [2.24, 2.45) is 0 Å². The summed E-state index contributed by atoms with van der Waals surface area (Å²) in [6.07, 6.45) is 4.40. The summed E-state index contributed by atoms with van der Waals surface area (Å²) in [5, 5.41) is 0.598. The van der Waals surface area contributed by atoms with Gasteiger partial charge in [-0.3, -0.25) is 19.4 Å². The van der Waals surface area contributed by atoms with Crippen LogP contribution in [0.5, 0.6) is 0 Å². The van der Waals surface area contributed by atoms with Crippen LogP contribution in [0.1, 0.15) is 43.7 Å². The second-order valence-electron chi connectivity index (χ2n) is 11.8. The smallest absolute Gasteiger partial charge is 0.226 e. The zero-order valence-corrected chi connectivity index (χ0v) is 26.7. The van der Waals surface area contributed by atoms with E-state index in [1.807, 2.05) is 59.3 Å². The normalized spacial score (nSPS) is 17.2. The van der Waals surface area contributed by atoms with Gasteiger partial charge in [-0.15, -0.1) is 0 Å². The number of hydrogen-bond donors (Lipinski definition) is 0. The molecule has 0 spiro atoms. The third-order valence-corrected chi connectivity index (χ3v) is 8.83. The maximum Gasteiger partial charge on any atom is 0.226 e. The third-order valence-electron chi connectivity index (χ3n) is 8.60. The molecule has 9 heteroatoms. The van der Waals surface area contributed by atoms with Gasteiger partial charge in [0.05, 0.1) is 5.69 Å². The van der Waals surface area contributed by atoms with E-state index < -0.39 is 0 Å². The molecule has 1 aromatic heterocycles. The van der Waals surface area contributed by atoms with Crippen LogP contribution >= 0.6 is 11.6 Å². The number of nitrogens with zero attached hydrogens (tertiary/aromatic N) is 6. The number of carbonyl (C=O) groups is 2. The van der Waals surface area contributed by atoms with Gasteiger partial charge < -0.3 is 14.7 Å². The number of carbonyl (C=O) groups excluding carboxylic acids is 2. The van der Waals surface area contributed by atoms with Gasteiger partial charge in [-0.25, -0.2) is 4.98 Å². The molecule has 8 nitrogen and oxygen atoms in total. The summed E-state index contributed by atoms with van der Waals surface area (Å²) in [6.45, 7) is 10.5. The number of pyridine rings is 1. The standard InChI is InChI=1S/C35H45ClN6O2/c1-2-9-35(44)42-18-8-17-39(27-29-10-4-3-5-11-29)22-25-41(28-30-13-14-31(36)26-32(30)42)34(43)15-19-38-20-23-40(24-21-38)33-12-6-7-16-37-33/h3-7,10-14,16,26H,2,8-9,15,17-25,27-28H2,1H3. The molecule has 0 N–H and O–H groups in total. The number of fused-ring (bicyclic) bond motifs is 1. The highest BCUT2D eigenvalue weighted by atomic mass is 35.5. The maximum atomic E-state index is 13.9. The Balaban J connectivity index is 1.31. The lowest BCUT2D eigenvalue weighted by atomic mass is 10.1. The second kappa shape index (κ2) is 16.0. The first kappa shape index (κ1) is 31.9. The van der Waals surface area contributed by atoms with Gasteiger partial charge in [0.25, 0.3) is 0 Å². The van der Waals surface area contributed by atoms with Gasteiger partial charge in [-0.2, -0.15) is 0 Å². The fourth-order valence-corrected chi connectivity index (χ4v) is 6.29. The van der Waals surface area contributed by atoms with Crippen LogP contribution in [-0.2, 0) is 22.7 Å². The molecule has 0 unspecified atom stereocenters. The van der Waals surface area contributed by atoms with Crippen LogP contribution in [0.4, 0.5) is 11.5 Å². The minimum Gasteiger partial charge on any atom is -0.354 e. The van der Waals surface area contributed by atoms with E-state index in [0.717, 1.165) is 82.3 Å². The lowest BCUT2D eigenvalue weighted by Crippen LogP contribution is -2.48. The average Bonchev–Trinajstić information content (AvgIpc) is 3.08. The molecule has 234 valence electrons. The van der Waals surface area contributed by atoms with Crippen molar-refractivity contribution in [2.45, 2.75) is 45.7 Å². The number of rotatable bonds is 8. The quantitative estimate of drug-likeness (QED) is 0.342. The Morgan fingerprint density at radius 1 is 0.795 bits per heavy atom. The Morgan fingerprint density at radius 3 is 2.32 bits per heavy atom. The molecule has 1 fully saturated rings. The number of aromatic nitrogens is 1. The molecule has 0 bridgehead atoms. The zero-order valence-electron chi connectivity index (χ0n) is 25.9. The fraction of sp³-hybridized carbons (Fsp3) is 0.457. The Bertz CT molecular complexity index is 1350. The summed E-state index contributed by atoms with van der Waals surface area (Å²) in [5.41, 5.74) is 3.04. The summed E-state index contributed by atoms with van der Waals surface area (Å²) >= 11 is 6.48. The van der Waals surface area contributed by atoms with Gasteiger partial charge >= 0.3 is 0 Å². The second-order valence-corrected chi connectivity index (χ2v) is 12.2. The van der Waals surface area contributed by atoms with Gasteiger partial charge in [-0.05, 0) is 48.2 Å². The number of benzene rings is 2. The van der Waals surface area contributed by atoms with Crippen molar-refractivity contribution >= 4 is 34.9 Å². The molecule has 2 amide bonds. The molecule has 5 rings (SSSR count). The summed E-state index contributed by atoms with van der Waals surface area (Å²) in [5.74, 6) is 1.26. The molecule has 44 heavy (non-hydrogen) atoms. The van der Waals surface area contributed by atoms with Gasteiger partial charge in [0.2, 0.25) is 11.8 Å². The lowest BCUT2D eigenvalue weighted by molar-refractivity contribution is -0.132. The maximum absolute atomic E-state index is 13.9. The first-order chi connectivity index (χ1) is 21.5. The van der Waals surface area contributed by atoms with Crippen LogP contribution in [-0.4, -0.2) is 90.4 Å². The lowest BCUT2D eigenvalue weighted by Gasteiger charge is -2.35. The molecule has 1 saturated heterocycles. The highest BCUT2D eigenvalue weighted by Crippen LogP contribution is 2.28. The molecule has 2 aliphatic heterocycles. The largest absolute Gasteiger partial charge is 0.354 e. The molecule has 3 heterocycles. The number of piperazine rings is 1. The molecular weight excluding hydrogens is 572 g/mol. The minimum atomic E-state index is 0.104. The molecule has 0 radical (unpaired) electrons. The van der Waals surface area contributed by atoms with Crippen molar-refractivity contribution < 1.29 is 9.59 Å². The predicted octanol–water partition coefficient (Wildman–Crippen LogP) is 5.31. The van der Waals surface area contributed by atoms with Crippen LogP contribution in [0.15, 0.2) is 72.9 Å². The number of hydrogen-bond acceptors (Lipinski definition) is 6. The molecule has 3 aromatic rings. The Hall–Kier alpha value is -3.46. The minimum absolute atomic E-state index is 0.104. The summed E-state index contributed by atoms with van der Waals surface area (Å²) < 4.78 is 0. The predicted molar refractivity (Wildman–Crippen MR) is 178 cm³/mol. The molecule has 0 atom stereocenters. The van der Waals surface area contributed by atoms with E-state index in [-0.39, 0.29) is 11.8 Å². The Labute approximate surface area is 267 Å². The fourth-order valence-electron chi connectivity index (χ4n) is 6.13. The van der Waals surface area contributed by atoms with Gasteiger partial charge in [0, 0.05) is 96.1 Å². The van der Waals surface area contributed by atoms with E-state index in [1.54, 1.807) is 0 Å². The monoisotopic (exact) mass is 616 g/mol. The highest BCUT2D eigenvalue weighted by molar-refractivity contribution is 6.31. The average molecular weight is 617 g/mol. The van der Waals surface area contributed by atoms with Crippen molar-refractivity contribution in [1.82, 2.24) is 19.7 Å². The first-order valence-electron chi connectivity index (χ1n) is 16.0. The summed E-state index contributed by atoms with van der Waals surface area (Å²) in [6, 6.07) is 22.2. The Morgan fingerprint density at radius 2 is 1.57 bits per heavy atom. The van der Waals surface area contributed by atoms with Gasteiger partial charge in [0.15, 0.2) is 0 Å². The van der Waals surface area contributed by atoms with Crippen LogP contribution in [0.3, 0.4) is 0 Å². The SMILES string of the molecule is CCCC(=O)N1CCCN(Cc2ccccc2)CCN(C(=O)CCN2CCN(c3ccccn3)CC2)Cc2ccc(Cl)cc21. The van der Waals surface area contributed by atoms with Crippen molar-refractivity contribution in [1.29, 1.82) is 0 Å². The zero-order chi connectivity index (χ0) is 30.7. The van der Waals surface area contributed by atoms with Gasteiger partial charge in [-0.1, -0.05) is 61.0 Å². The molecule has 0 saturated carbocycles. The molecular formula is C35H45ClN6O2. The van der Waals surface area contributed by atoms with Crippen molar-refractivity contribution in [3.05, 3.63) is 89.1 Å². The van der Waals surface area contributed by atoms with E-state index in [1.165, 1.54) is 5.56 Å². The number of amides is 2. The van der Waals surface area contributed by atoms with Gasteiger partial charge in [0.1, 0.15) is 5.82 Å². The summed E-state index contributed by atoms with van der Waals surface area (Å²) in [7, 11) is 0. The Kier molecular flexibility index (Phi) is 11.6. The van der Waals surface area contributed by atoms with Crippen LogP contribution in [0, 0.1) is 0 Å². The summed E-state index contributed by atoms with van der Waals surface area (Å²) in [4.78, 5) is 42.8. The molecule has 2 aromatic carbocycles. The van der Waals surface area contributed by atoms with E-state index >= 15 is 0 Å². The molecule has 0 aliphatic carbocycles. The topological polar surface area (TPSA) is 63.2 Å². The van der Waals surface area contributed by atoms with E-state index in [4.69, 9.17) is 11.6 Å². The van der Waals surface area contributed by atoms with E-state index in [2.05, 4.69) is 50.0 Å². The van der Waals surface area contributed by atoms with Crippen LogP contribution in [0.2, 0.25) is 5.02 Å². The van der Waals surface area contributed by atoms with Crippen LogP contribution < -0.4 is 9.80 Å². The molecule has 2 aliphatic rings. The number of halogens is 1. The number of anilines is 2. The van der Waals surface area contributed by atoms with Crippen molar-refractivity contribution in [3.63, 3.8) is 0 Å². The third kappa shape index (κ3) is 8.80.